The van der Waals surface area contributed by atoms with Crippen LogP contribution in [0.2, 0.25) is 0 Å². The molecule has 0 atom stereocenters. The molecule has 10 heteroatoms. The first-order valence-corrected chi connectivity index (χ1v) is 13.2. The number of aromatic amines is 1. The first-order valence-electron chi connectivity index (χ1n) is 13.2. The number of carboxylic acid groups (broad SMARTS) is 1. The first kappa shape index (κ1) is 24.8. The molecule has 1 aromatic heterocycles. The van der Waals surface area contributed by atoms with E-state index in [0.717, 1.165) is 58.7 Å². The average molecular weight is 528 g/mol. The lowest BCUT2D eigenvalue weighted by Crippen LogP contribution is -2.46. The minimum Gasteiger partial charge on any atom is -0.450 e. The van der Waals surface area contributed by atoms with Gasteiger partial charge in [-0.05, 0) is 83.3 Å². The van der Waals surface area contributed by atoms with Crippen molar-refractivity contribution in [2.45, 2.75) is 56.8 Å². The molecule has 2 saturated carbocycles. The molecule has 2 fully saturated rings. The van der Waals surface area contributed by atoms with E-state index in [1.165, 1.54) is 0 Å². The summed E-state index contributed by atoms with van der Waals surface area (Å²) in [6.07, 6.45) is 2.87. The van der Waals surface area contributed by atoms with Crippen LogP contribution >= 0.6 is 0 Å². The van der Waals surface area contributed by atoms with Gasteiger partial charge in [0.2, 0.25) is 5.82 Å². The van der Waals surface area contributed by atoms with Crippen LogP contribution in [0.3, 0.4) is 0 Å². The Balaban J connectivity index is 1.27. The summed E-state index contributed by atoms with van der Waals surface area (Å²) in [4.78, 5) is 26.1. The molecule has 6 rings (SSSR count). The van der Waals surface area contributed by atoms with Crippen molar-refractivity contribution in [3.63, 3.8) is 0 Å². The number of hydrogen-bond donors (Lipinski definition) is 2. The summed E-state index contributed by atoms with van der Waals surface area (Å²) in [6, 6.07) is 20.2. The molecule has 1 amide bonds. The molecule has 2 aliphatic rings. The van der Waals surface area contributed by atoms with Crippen molar-refractivity contribution >= 4 is 23.0 Å². The summed E-state index contributed by atoms with van der Waals surface area (Å²) >= 11 is 0. The van der Waals surface area contributed by atoms with Crippen molar-refractivity contribution in [3.05, 3.63) is 66.2 Å². The smallest absolute Gasteiger partial charge is 0.450 e. The molecule has 0 unspecified atom stereocenters. The third kappa shape index (κ3) is 5.55. The number of hydrogen-bond acceptors (Lipinski definition) is 7. The van der Waals surface area contributed by atoms with E-state index in [-0.39, 0.29) is 12.6 Å². The molecule has 3 aromatic carbocycles. The van der Waals surface area contributed by atoms with Crippen LogP contribution in [-0.2, 0) is 16.0 Å². The molecule has 0 radical (unpaired) electrons. The molecular weight excluding hydrogens is 498 g/mol. The highest BCUT2D eigenvalue weighted by molar-refractivity contribution is 5.90. The molecule has 0 saturated heterocycles. The third-order valence-corrected chi connectivity index (χ3v) is 7.45. The molecule has 39 heavy (non-hydrogen) atoms. The zero-order valence-electron chi connectivity index (χ0n) is 21.4. The highest BCUT2D eigenvalue weighted by atomic mass is 16.7. The number of ether oxygens (including phenoxy) is 2. The normalized spacial score (nSPS) is 16.2. The number of aromatic nitrogens is 4. The largest absolute Gasteiger partial charge is 0.506 e. The van der Waals surface area contributed by atoms with Crippen LogP contribution < -0.4 is 0 Å². The van der Waals surface area contributed by atoms with E-state index in [2.05, 4.69) is 44.9 Å². The topological polar surface area (TPSA) is 131 Å². The molecule has 4 aromatic rings. The van der Waals surface area contributed by atoms with Crippen molar-refractivity contribution in [1.82, 2.24) is 25.5 Å². The number of rotatable bonds is 8. The van der Waals surface area contributed by atoms with Crippen molar-refractivity contribution in [3.8, 4) is 22.5 Å². The molecule has 200 valence electrons. The summed E-state index contributed by atoms with van der Waals surface area (Å²) in [5, 5.41) is 25.9. The van der Waals surface area contributed by atoms with Crippen molar-refractivity contribution in [2.24, 2.45) is 0 Å². The van der Waals surface area contributed by atoms with E-state index < -0.39 is 17.8 Å². The number of H-pyrrole nitrogens is 1. The van der Waals surface area contributed by atoms with E-state index in [1.54, 1.807) is 4.90 Å². The van der Waals surface area contributed by atoms with E-state index >= 15 is 0 Å². The molecule has 0 aliphatic heterocycles. The lowest BCUT2D eigenvalue weighted by Gasteiger charge is -2.33. The van der Waals surface area contributed by atoms with Gasteiger partial charge >= 0.3 is 12.2 Å². The van der Waals surface area contributed by atoms with Crippen LogP contribution in [0.5, 0.6) is 0 Å². The van der Waals surface area contributed by atoms with E-state index in [1.807, 2.05) is 36.4 Å². The van der Waals surface area contributed by atoms with Crippen LogP contribution in [0.15, 0.2) is 60.7 Å². The van der Waals surface area contributed by atoms with Gasteiger partial charge in [-0.25, -0.2) is 9.59 Å². The van der Waals surface area contributed by atoms with Crippen molar-refractivity contribution in [2.75, 3.05) is 6.54 Å². The predicted octanol–water partition coefficient (Wildman–Crippen LogP) is 5.80. The van der Waals surface area contributed by atoms with Gasteiger partial charge in [0.05, 0.1) is 6.54 Å². The fraction of sp³-hybridized carbons (Fsp3) is 0.345. The molecule has 2 aliphatic carbocycles. The van der Waals surface area contributed by atoms with Crippen LogP contribution in [0.25, 0.3) is 33.3 Å². The van der Waals surface area contributed by atoms with Gasteiger partial charge in [-0.15, -0.1) is 10.2 Å². The Kier molecular flexibility index (Phi) is 6.60. The molecule has 10 nitrogen and oxygen atoms in total. The SMILES string of the molecule is O=C(O)OC1(CN(Cc2ccc3cc(-c4ccccc4-c4nn[nH]n4)ccc3c2)C(=O)OC2CC2)CCCC1. The number of carbonyl (C=O) groups is 2. The van der Waals surface area contributed by atoms with Gasteiger partial charge in [0.15, 0.2) is 0 Å². The van der Waals surface area contributed by atoms with Gasteiger partial charge in [-0.3, -0.25) is 4.90 Å². The predicted molar refractivity (Wildman–Crippen MR) is 143 cm³/mol. The maximum absolute atomic E-state index is 13.1. The van der Waals surface area contributed by atoms with E-state index in [4.69, 9.17) is 9.47 Å². The fourth-order valence-electron chi connectivity index (χ4n) is 5.42. The fourth-order valence-corrected chi connectivity index (χ4v) is 5.42. The summed E-state index contributed by atoms with van der Waals surface area (Å²) in [5.74, 6) is 0.533. The van der Waals surface area contributed by atoms with Gasteiger partial charge in [0.25, 0.3) is 0 Å². The monoisotopic (exact) mass is 527 g/mol. The summed E-state index contributed by atoms with van der Waals surface area (Å²) in [6.45, 7) is 0.476. The highest BCUT2D eigenvalue weighted by Gasteiger charge is 2.42. The number of nitrogens with one attached hydrogen (secondary N) is 1. The Morgan fingerprint density at radius 2 is 1.74 bits per heavy atom. The van der Waals surface area contributed by atoms with Crippen molar-refractivity contribution < 1.29 is 24.2 Å². The minimum atomic E-state index is -1.31. The van der Waals surface area contributed by atoms with Gasteiger partial charge in [0.1, 0.15) is 11.7 Å². The molecular formula is C29H29N5O5. The molecule has 0 spiro atoms. The number of benzene rings is 3. The van der Waals surface area contributed by atoms with Crippen LogP contribution in [0, 0.1) is 0 Å². The number of amides is 1. The second-order valence-corrected chi connectivity index (χ2v) is 10.4. The summed E-state index contributed by atoms with van der Waals surface area (Å²) < 4.78 is 11.0. The van der Waals surface area contributed by atoms with Gasteiger partial charge < -0.3 is 14.6 Å². The Bertz CT molecular complexity index is 1500. The average Bonchev–Trinajstić information content (AvgIpc) is 3.37. The standard InChI is InChI=1S/C29H29N5O5/c35-27(38-23-11-12-23)34(18-29(39-28(36)37)13-3-4-14-29)17-19-7-8-21-16-22(10-9-20(21)15-19)24-5-1-2-6-25(24)26-30-32-33-31-26/h1-2,5-10,15-16,23H,3-4,11-14,17-18H2,(H,36,37)(H,30,31,32,33). The lowest BCUT2D eigenvalue weighted by molar-refractivity contribution is -0.0365. The van der Waals surface area contributed by atoms with Crippen molar-refractivity contribution in [1.29, 1.82) is 0 Å². The quantitative estimate of drug-likeness (QED) is 0.275. The first-order chi connectivity index (χ1) is 19.0. The number of carbonyl (C=O) groups excluding carboxylic acids is 1. The highest BCUT2D eigenvalue weighted by Crippen LogP contribution is 2.36. The second kappa shape index (κ2) is 10.4. The second-order valence-electron chi connectivity index (χ2n) is 10.4. The number of fused-ring (bicyclic) bond motifs is 1. The Hall–Kier alpha value is -4.47. The maximum atomic E-state index is 13.1. The number of nitrogens with zero attached hydrogens (tertiary/aromatic N) is 4. The Morgan fingerprint density at radius 1 is 1.00 bits per heavy atom. The minimum absolute atomic E-state index is 0.0507. The zero-order valence-corrected chi connectivity index (χ0v) is 21.4. The molecule has 2 N–H and O–H groups in total. The molecule has 1 heterocycles. The zero-order chi connectivity index (χ0) is 26.8. The van der Waals surface area contributed by atoms with Gasteiger partial charge in [-0.1, -0.05) is 48.5 Å². The van der Waals surface area contributed by atoms with Gasteiger partial charge in [-0.2, -0.15) is 5.21 Å². The van der Waals surface area contributed by atoms with Crippen LogP contribution in [0.1, 0.15) is 44.1 Å². The third-order valence-electron chi connectivity index (χ3n) is 7.45. The Morgan fingerprint density at radius 3 is 2.46 bits per heavy atom. The van der Waals surface area contributed by atoms with Crippen LogP contribution in [0.4, 0.5) is 9.59 Å². The summed E-state index contributed by atoms with van der Waals surface area (Å²) in [7, 11) is 0. The maximum Gasteiger partial charge on any atom is 0.506 e. The van der Waals surface area contributed by atoms with Gasteiger partial charge in [0, 0.05) is 12.1 Å². The number of tetrazole rings is 1. The lowest BCUT2D eigenvalue weighted by atomic mass is 9.96. The van der Waals surface area contributed by atoms with E-state index in [0.29, 0.717) is 25.2 Å². The van der Waals surface area contributed by atoms with E-state index in [9.17, 15) is 14.7 Å². The summed E-state index contributed by atoms with van der Waals surface area (Å²) in [5.41, 5.74) is 2.94. The Labute approximate surface area is 224 Å². The molecule has 0 bridgehead atoms. The van der Waals surface area contributed by atoms with Crippen LogP contribution in [-0.4, -0.2) is 61.1 Å².